The van der Waals surface area contributed by atoms with E-state index in [1.54, 1.807) is 12.3 Å². The van der Waals surface area contributed by atoms with Crippen molar-refractivity contribution in [1.29, 1.82) is 5.26 Å². The maximum Gasteiger partial charge on any atom is 0.236 e. The molecule has 0 heterocycles. The highest BCUT2D eigenvalue weighted by molar-refractivity contribution is 6.02. The molecule has 0 aromatic heterocycles. The number of benzene rings is 3. The highest BCUT2D eigenvalue weighted by atomic mass is 16.5. The summed E-state index contributed by atoms with van der Waals surface area (Å²) >= 11 is 0. The summed E-state index contributed by atoms with van der Waals surface area (Å²) in [6, 6.07) is 21.2. The van der Waals surface area contributed by atoms with Gasteiger partial charge in [0.25, 0.3) is 0 Å². The molecule has 1 amide bonds. The van der Waals surface area contributed by atoms with Crippen LogP contribution in [-0.4, -0.2) is 12.1 Å². The fraction of sp³-hybridized carbons (Fsp3) is 0.0952. The van der Waals surface area contributed by atoms with E-state index >= 15 is 0 Å². The first-order valence-electron chi connectivity index (χ1n) is 8.11. The van der Waals surface area contributed by atoms with E-state index in [1.165, 1.54) is 6.92 Å². The van der Waals surface area contributed by atoms with Gasteiger partial charge in [-0.2, -0.15) is 10.4 Å². The monoisotopic (exact) mass is 343 g/mol. The largest absolute Gasteiger partial charge is 0.488 e. The Hall–Kier alpha value is -3.65. The van der Waals surface area contributed by atoms with Crippen LogP contribution in [0.1, 0.15) is 23.6 Å². The van der Waals surface area contributed by atoms with Gasteiger partial charge in [0, 0.05) is 18.1 Å². The molecule has 0 fully saturated rings. The number of carbonyl (C=O) groups excluding carboxylic acids is 1. The number of fused-ring (bicyclic) bond motifs is 1. The molecule has 0 spiro atoms. The molecule has 0 aliphatic rings. The Morgan fingerprint density at radius 2 is 1.92 bits per heavy atom. The van der Waals surface area contributed by atoms with Crippen LogP contribution in [0.4, 0.5) is 0 Å². The Balaban J connectivity index is 1.95. The standard InChI is InChI=1S/C21H17N3O2/c1-15(25)24-23-13-20-19-9-5-4-6-16(19)10-11-21(20)26-14-18-8-3-2-7-17(18)12-22/h2-11,13H,14H2,1H3,(H,24,25). The molecule has 3 rings (SSSR count). The van der Waals surface area contributed by atoms with Gasteiger partial charge in [0.2, 0.25) is 5.91 Å². The number of nitrogens with one attached hydrogen (secondary N) is 1. The first-order valence-corrected chi connectivity index (χ1v) is 8.11. The lowest BCUT2D eigenvalue weighted by molar-refractivity contribution is -0.118. The molecule has 5 heteroatoms. The number of carbonyl (C=O) groups is 1. The van der Waals surface area contributed by atoms with E-state index in [2.05, 4.69) is 16.6 Å². The molecule has 0 radical (unpaired) electrons. The van der Waals surface area contributed by atoms with Gasteiger partial charge in [0.05, 0.1) is 17.8 Å². The number of amides is 1. The second-order valence-corrected chi connectivity index (χ2v) is 5.68. The molecule has 0 atom stereocenters. The van der Waals surface area contributed by atoms with Crippen molar-refractivity contribution in [3.63, 3.8) is 0 Å². The Kier molecular flexibility index (Phi) is 5.25. The summed E-state index contributed by atoms with van der Waals surface area (Å²) in [7, 11) is 0. The molecule has 0 aliphatic carbocycles. The number of hydrogen-bond acceptors (Lipinski definition) is 4. The zero-order valence-corrected chi connectivity index (χ0v) is 14.3. The van der Waals surface area contributed by atoms with Crippen LogP contribution >= 0.6 is 0 Å². The minimum Gasteiger partial charge on any atom is -0.488 e. The van der Waals surface area contributed by atoms with Gasteiger partial charge in [-0.05, 0) is 22.9 Å². The molecule has 3 aromatic carbocycles. The van der Waals surface area contributed by atoms with Crippen molar-refractivity contribution in [3.05, 3.63) is 77.4 Å². The molecule has 128 valence electrons. The third-order valence-corrected chi connectivity index (χ3v) is 3.87. The number of hydrogen-bond donors (Lipinski definition) is 1. The molecule has 5 nitrogen and oxygen atoms in total. The number of ether oxygens (including phenoxy) is 1. The topological polar surface area (TPSA) is 74.5 Å². The number of hydrazone groups is 1. The van der Waals surface area contributed by atoms with Crippen LogP contribution in [-0.2, 0) is 11.4 Å². The Labute approximate surface area is 151 Å². The maximum absolute atomic E-state index is 11.1. The average Bonchev–Trinajstić information content (AvgIpc) is 2.67. The van der Waals surface area contributed by atoms with Crippen LogP contribution in [0.3, 0.4) is 0 Å². The summed E-state index contributed by atoms with van der Waals surface area (Å²) in [5.41, 5.74) is 4.58. The molecule has 0 saturated carbocycles. The summed E-state index contributed by atoms with van der Waals surface area (Å²) in [6.07, 6.45) is 1.58. The summed E-state index contributed by atoms with van der Waals surface area (Å²) in [4.78, 5) is 11.1. The lowest BCUT2D eigenvalue weighted by Gasteiger charge is -2.12. The van der Waals surface area contributed by atoms with Crippen LogP contribution < -0.4 is 10.2 Å². The maximum atomic E-state index is 11.1. The Morgan fingerprint density at radius 1 is 1.15 bits per heavy atom. The number of nitriles is 1. The van der Waals surface area contributed by atoms with Crippen LogP contribution in [0.5, 0.6) is 5.75 Å². The summed E-state index contributed by atoms with van der Waals surface area (Å²) in [5, 5.41) is 15.2. The van der Waals surface area contributed by atoms with E-state index in [0.717, 1.165) is 21.9 Å². The van der Waals surface area contributed by atoms with E-state index in [0.29, 0.717) is 11.3 Å². The number of rotatable bonds is 5. The SMILES string of the molecule is CC(=O)NN=Cc1c(OCc2ccccc2C#N)ccc2ccccc12. The van der Waals surface area contributed by atoms with E-state index in [9.17, 15) is 10.1 Å². The molecule has 0 saturated heterocycles. The predicted octanol–water partition coefficient (Wildman–Crippen LogP) is 3.76. The summed E-state index contributed by atoms with van der Waals surface area (Å²) in [6.45, 7) is 1.67. The highest BCUT2D eigenvalue weighted by Crippen LogP contribution is 2.27. The molecular formula is C21H17N3O2. The number of nitrogens with zero attached hydrogens (tertiary/aromatic N) is 2. The quantitative estimate of drug-likeness (QED) is 0.566. The van der Waals surface area contributed by atoms with E-state index in [-0.39, 0.29) is 12.5 Å². The minimum absolute atomic E-state index is 0.244. The molecule has 3 aromatic rings. The second kappa shape index (κ2) is 7.95. The smallest absolute Gasteiger partial charge is 0.236 e. The molecule has 0 aliphatic heterocycles. The van der Waals surface area contributed by atoms with Gasteiger partial charge in [-0.25, -0.2) is 5.43 Å². The molecular weight excluding hydrogens is 326 g/mol. The third-order valence-electron chi connectivity index (χ3n) is 3.87. The Bertz CT molecular complexity index is 1020. The first kappa shape index (κ1) is 17.2. The zero-order valence-electron chi connectivity index (χ0n) is 14.3. The normalized spacial score (nSPS) is 10.6. The van der Waals surface area contributed by atoms with Gasteiger partial charge in [0.15, 0.2) is 0 Å². The minimum atomic E-state index is -0.244. The van der Waals surface area contributed by atoms with Gasteiger partial charge in [-0.1, -0.05) is 48.5 Å². The van der Waals surface area contributed by atoms with Gasteiger partial charge in [-0.3, -0.25) is 4.79 Å². The Morgan fingerprint density at radius 3 is 2.73 bits per heavy atom. The van der Waals surface area contributed by atoms with E-state index in [4.69, 9.17) is 4.74 Å². The van der Waals surface area contributed by atoms with Crippen molar-refractivity contribution in [3.8, 4) is 11.8 Å². The van der Waals surface area contributed by atoms with Crippen molar-refractivity contribution in [2.45, 2.75) is 13.5 Å². The zero-order chi connectivity index (χ0) is 18.4. The van der Waals surface area contributed by atoms with Crippen molar-refractivity contribution in [2.75, 3.05) is 0 Å². The van der Waals surface area contributed by atoms with Crippen molar-refractivity contribution >= 4 is 22.9 Å². The van der Waals surface area contributed by atoms with Gasteiger partial charge >= 0.3 is 0 Å². The fourth-order valence-electron chi connectivity index (χ4n) is 2.63. The highest BCUT2D eigenvalue weighted by Gasteiger charge is 2.09. The van der Waals surface area contributed by atoms with Crippen LogP contribution in [0, 0.1) is 11.3 Å². The van der Waals surface area contributed by atoms with Gasteiger partial charge < -0.3 is 4.74 Å². The van der Waals surface area contributed by atoms with Gasteiger partial charge in [-0.15, -0.1) is 0 Å². The average molecular weight is 343 g/mol. The second-order valence-electron chi connectivity index (χ2n) is 5.68. The van der Waals surface area contributed by atoms with E-state index in [1.807, 2.05) is 54.6 Å². The van der Waals surface area contributed by atoms with Crippen molar-refractivity contribution in [1.82, 2.24) is 5.43 Å². The molecule has 26 heavy (non-hydrogen) atoms. The molecule has 0 unspecified atom stereocenters. The van der Waals surface area contributed by atoms with Crippen LogP contribution in [0.15, 0.2) is 65.8 Å². The van der Waals surface area contributed by atoms with Crippen molar-refractivity contribution in [2.24, 2.45) is 5.10 Å². The third kappa shape index (κ3) is 3.87. The van der Waals surface area contributed by atoms with Crippen LogP contribution in [0.2, 0.25) is 0 Å². The fourth-order valence-corrected chi connectivity index (χ4v) is 2.63. The van der Waals surface area contributed by atoms with Crippen molar-refractivity contribution < 1.29 is 9.53 Å². The lowest BCUT2D eigenvalue weighted by Crippen LogP contribution is -2.12. The van der Waals surface area contributed by atoms with Crippen LogP contribution in [0.25, 0.3) is 10.8 Å². The molecule has 1 N–H and O–H groups in total. The first-order chi connectivity index (χ1) is 12.7. The lowest BCUT2D eigenvalue weighted by atomic mass is 10.0. The van der Waals surface area contributed by atoms with Gasteiger partial charge in [0.1, 0.15) is 12.4 Å². The predicted molar refractivity (Wildman–Crippen MR) is 101 cm³/mol. The summed E-state index contributed by atoms with van der Waals surface area (Å²) < 4.78 is 5.98. The van der Waals surface area contributed by atoms with E-state index < -0.39 is 0 Å². The summed E-state index contributed by atoms with van der Waals surface area (Å²) in [5.74, 6) is 0.387. The molecule has 0 bridgehead atoms.